The van der Waals surface area contributed by atoms with E-state index in [4.69, 9.17) is 32.7 Å². The predicted molar refractivity (Wildman–Crippen MR) is 100 cm³/mol. The Balaban J connectivity index is 1.55. The van der Waals surface area contributed by atoms with E-state index in [2.05, 4.69) is 4.98 Å². The molecule has 0 saturated heterocycles. The van der Waals surface area contributed by atoms with Crippen molar-refractivity contribution < 1.29 is 14.4 Å². The van der Waals surface area contributed by atoms with Gasteiger partial charge in [0.25, 0.3) is 5.69 Å². The van der Waals surface area contributed by atoms with Gasteiger partial charge in [-0.15, -0.1) is 11.3 Å². The summed E-state index contributed by atoms with van der Waals surface area (Å²) in [7, 11) is 0. The van der Waals surface area contributed by atoms with E-state index < -0.39 is 4.92 Å². The van der Waals surface area contributed by atoms with Crippen LogP contribution in [0.3, 0.4) is 0 Å². The second kappa shape index (κ2) is 8.35. The highest BCUT2D eigenvalue weighted by atomic mass is 35.5. The van der Waals surface area contributed by atoms with Crippen molar-refractivity contribution in [3.8, 4) is 11.5 Å². The summed E-state index contributed by atoms with van der Waals surface area (Å²) in [5, 5.41) is 14.2. The third kappa shape index (κ3) is 4.85. The van der Waals surface area contributed by atoms with Crippen molar-refractivity contribution in [2.24, 2.45) is 0 Å². The fourth-order valence-corrected chi connectivity index (χ4v) is 3.07. The van der Waals surface area contributed by atoms with E-state index in [9.17, 15) is 10.1 Å². The third-order valence-electron chi connectivity index (χ3n) is 3.28. The van der Waals surface area contributed by atoms with E-state index in [0.29, 0.717) is 23.1 Å². The first-order chi connectivity index (χ1) is 12.5. The summed E-state index contributed by atoms with van der Waals surface area (Å²) in [6.07, 6.45) is 0. The molecular weight excluding hydrogens is 399 g/mol. The zero-order chi connectivity index (χ0) is 18.5. The second-order valence-corrected chi connectivity index (χ2v) is 6.92. The van der Waals surface area contributed by atoms with E-state index in [1.807, 2.05) is 5.38 Å². The lowest BCUT2D eigenvalue weighted by Crippen LogP contribution is -1.99. The lowest BCUT2D eigenvalue weighted by molar-refractivity contribution is -0.384. The molecule has 1 heterocycles. The van der Waals surface area contributed by atoms with Gasteiger partial charge in [-0.1, -0.05) is 23.2 Å². The van der Waals surface area contributed by atoms with Gasteiger partial charge in [0.2, 0.25) is 0 Å². The maximum absolute atomic E-state index is 10.7. The SMILES string of the molecule is O=[N+]([O-])c1ccc(OCc2csc(COc3ccc(Cl)cc3)n2)c(Cl)c1. The number of nitro benzene ring substituents is 1. The molecule has 0 spiro atoms. The number of nitrogens with zero attached hydrogens (tertiary/aromatic N) is 2. The van der Waals surface area contributed by atoms with Gasteiger partial charge >= 0.3 is 0 Å². The summed E-state index contributed by atoms with van der Waals surface area (Å²) in [5.74, 6) is 1.07. The van der Waals surface area contributed by atoms with Crippen LogP contribution in [-0.2, 0) is 13.2 Å². The fourth-order valence-electron chi connectivity index (χ4n) is 2.03. The summed E-state index contributed by atoms with van der Waals surface area (Å²) in [6.45, 7) is 0.541. The molecule has 26 heavy (non-hydrogen) atoms. The van der Waals surface area contributed by atoms with E-state index in [1.165, 1.54) is 29.5 Å². The Bertz CT molecular complexity index is 915. The molecule has 3 aromatic rings. The Hall–Kier alpha value is -2.35. The van der Waals surface area contributed by atoms with Gasteiger partial charge in [0, 0.05) is 22.5 Å². The Morgan fingerprint density at radius 3 is 2.54 bits per heavy atom. The molecule has 0 radical (unpaired) electrons. The van der Waals surface area contributed by atoms with Crippen LogP contribution in [0, 0.1) is 10.1 Å². The van der Waals surface area contributed by atoms with E-state index in [1.54, 1.807) is 24.3 Å². The molecule has 0 bridgehead atoms. The molecule has 0 aliphatic rings. The van der Waals surface area contributed by atoms with Gasteiger partial charge in [-0.2, -0.15) is 0 Å². The van der Waals surface area contributed by atoms with Crippen molar-refractivity contribution in [2.75, 3.05) is 0 Å². The molecule has 0 saturated carbocycles. The highest BCUT2D eigenvalue weighted by Crippen LogP contribution is 2.29. The number of benzene rings is 2. The summed E-state index contributed by atoms with van der Waals surface area (Å²) in [5.41, 5.74) is 0.636. The van der Waals surface area contributed by atoms with Crippen LogP contribution in [0.1, 0.15) is 10.7 Å². The number of hydrogen-bond donors (Lipinski definition) is 0. The number of hydrogen-bond acceptors (Lipinski definition) is 6. The highest BCUT2D eigenvalue weighted by molar-refractivity contribution is 7.09. The Morgan fingerprint density at radius 2 is 1.85 bits per heavy atom. The van der Waals surface area contributed by atoms with Crippen LogP contribution in [-0.4, -0.2) is 9.91 Å². The van der Waals surface area contributed by atoms with Gasteiger partial charge in [0.1, 0.15) is 29.7 Å². The second-order valence-electron chi connectivity index (χ2n) is 5.14. The molecule has 1 aromatic heterocycles. The zero-order valence-electron chi connectivity index (χ0n) is 13.2. The van der Waals surface area contributed by atoms with E-state index in [-0.39, 0.29) is 17.3 Å². The molecule has 6 nitrogen and oxygen atoms in total. The molecule has 0 amide bonds. The fraction of sp³-hybridized carbons (Fsp3) is 0.118. The molecule has 0 atom stereocenters. The smallest absolute Gasteiger partial charge is 0.271 e. The van der Waals surface area contributed by atoms with Gasteiger partial charge in [0.05, 0.1) is 15.6 Å². The molecule has 0 aliphatic heterocycles. The van der Waals surface area contributed by atoms with Crippen molar-refractivity contribution in [1.82, 2.24) is 4.98 Å². The van der Waals surface area contributed by atoms with Gasteiger partial charge in [0.15, 0.2) is 0 Å². The van der Waals surface area contributed by atoms with Crippen LogP contribution in [0.25, 0.3) is 0 Å². The Kier molecular flexibility index (Phi) is 5.92. The minimum absolute atomic E-state index is 0.0855. The maximum Gasteiger partial charge on any atom is 0.271 e. The van der Waals surface area contributed by atoms with Crippen molar-refractivity contribution in [3.63, 3.8) is 0 Å². The summed E-state index contributed by atoms with van der Waals surface area (Å²) < 4.78 is 11.2. The summed E-state index contributed by atoms with van der Waals surface area (Å²) >= 11 is 13.3. The number of ether oxygens (including phenoxy) is 2. The standard InChI is InChI=1S/C17H12Cl2N2O4S/c18-11-1-4-14(5-2-11)24-9-17-20-12(10-26-17)8-25-16-6-3-13(21(22)23)7-15(16)19/h1-7,10H,8-9H2. The molecule has 9 heteroatoms. The zero-order valence-corrected chi connectivity index (χ0v) is 15.6. The first-order valence-corrected chi connectivity index (χ1v) is 9.03. The van der Waals surface area contributed by atoms with Crippen molar-refractivity contribution >= 4 is 40.2 Å². The highest BCUT2D eigenvalue weighted by Gasteiger charge is 2.11. The van der Waals surface area contributed by atoms with Gasteiger partial charge in [-0.05, 0) is 30.3 Å². The predicted octanol–water partition coefficient (Wildman–Crippen LogP) is 5.52. The van der Waals surface area contributed by atoms with Gasteiger partial charge < -0.3 is 9.47 Å². The first kappa shape index (κ1) is 18.4. The van der Waals surface area contributed by atoms with Crippen LogP contribution in [0.15, 0.2) is 47.8 Å². The lowest BCUT2D eigenvalue weighted by Gasteiger charge is -2.06. The van der Waals surface area contributed by atoms with E-state index in [0.717, 1.165) is 10.7 Å². The number of nitro groups is 1. The van der Waals surface area contributed by atoms with Gasteiger partial charge in [-0.25, -0.2) is 4.98 Å². The van der Waals surface area contributed by atoms with Crippen LogP contribution < -0.4 is 9.47 Å². The third-order valence-corrected chi connectivity index (χ3v) is 4.70. The maximum atomic E-state index is 10.7. The normalized spacial score (nSPS) is 10.5. The van der Waals surface area contributed by atoms with Crippen molar-refractivity contribution in [2.45, 2.75) is 13.2 Å². The molecule has 0 unspecified atom stereocenters. The molecule has 134 valence electrons. The number of non-ortho nitro benzene ring substituents is 1. The lowest BCUT2D eigenvalue weighted by atomic mass is 10.3. The van der Waals surface area contributed by atoms with Crippen LogP contribution >= 0.6 is 34.5 Å². The number of halogens is 2. The average Bonchev–Trinajstić information content (AvgIpc) is 3.08. The van der Waals surface area contributed by atoms with Crippen LogP contribution in [0.4, 0.5) is 5.69 Å². The monoisotopic (exact) mass is 410 g/mol. The number of rotatable bonds is 7. The summed E-state index contributed by atoms with van der Waals surface area (Å²) in [4.78, 5) is 14.6. The minimum atomic E-state index is -0.511. The molecular formula is C17H12Cl2N2O4S. The quantitative estimate of drug-likeness (QED) is 0.378. The minimum Gasteiger partial charge on any atom is -0.486 e. The first-order valence-electron chi connectivity index (χ1n) is 7.39. The van der Waals surface area contributed by atoms with E-state index >= 15 is 0 Å². The molecule has 2 aromatic carbocycles. The average molecular weight is 411 g/mol. The topological polar surface area (TPSA) is 74.5 Å². The number of thiazole rings is 1. The van der Waals surface area contributed by atoms with Crippen molar-refractivity contribution in [3.05, 3.63) is 78.7 Å². The van der Waals surface area contributed by atoms with Gasteiger partial charge in [-0.3, -0.25) is 10.1 Å². The Morgan fingerprint density at radius 1 is 1.08 bits per heavy atom. The van der Waals surface area contributed by atoms with Crippen LogP contribution in [0.5, 0.6) is 11.5 Å². The van der Waals surface area contributed by atoms with Crippen LogP contribution in [0.2, 0.25) is 10.0 Å². The molecule has 0 N–H and O–H groups in total. The molecule has 0 fully saturated rings. The largest absolute Gasteiger partial charge is 0.486 e. The molecule has 0 aliphatic carbocycles. The Labute approximate surface area is 163 Å². The molecule has 3 rings (SSSR count). The van der Waals surface area contributed by atoms with Crippen molar-refractivity contribution in [1.29, 1.82) is 0 Å². The summed E-state index contributed by atoms with van der Waals surface area (Å²) in [6, 6.07) is 11.2. The number of aromatic nitrogens is 1.